The molecule has 4 N–H and O–H groups in total. The molecule has 6 nitrogen and oxygen atoms in total. The maximum atomic E-state index is 6.87. The lowest BCUT2D eigenvalue weighted by Crippen LogP contribution is -2.46. The van der Waals surface area contributed by atoms with Gasteiger partial charge in [0.1, 0.15) is 23.4 Å². The van der Waals surface area contributed by atoms with Crippen molar-refractivity contribution < 1.29 is 13.6 Å². The zero-order valence-electron chi connectivity index (χ0n) is 21.3. The highest BCUT2D eigenvalue weighted by molar-refractivity contribution is 6.74. The van der Waals surface area contributed by atoms with Gasteiger partial charge in [-0.25, -0.2) is 4.98 Å². The molecule has 8 heteroatoms. The Balaban J connectivity index is 2.19. The molecule has 1 saturated carbocycles. The molecule has 1 unspecified atom stereocenters. The molecule has 1 fully saturated rings. The second-order valence-electron chi connectivity index (χ2n) is 12.1. The number of nitrogen functional groups attached to an aromatic ring is 2. The van der Waals surface area contributed by atoms with Crippen molar-refractivity contribution in [1.82, 2.24) is 4.98 Å². The number of ether oxygens (including phenoxy) is 1. The third-order valence-corrected chi connectivity index (χ3v) is 16.6. The molecule has 0 spiro atoms. The summed E-state index contributed by atoms with van der Waals surface area (Å²) in [5.41, 5.74) is 12.4. The van der Waals surface area contributed by atoms with Gasteiger partial charge >= 0.3 is 0 Å². The van der Waals surface area contributed by atoms with Crippen molar-refractivity contribution in [3.05, 3.63) is 12.3 Å². The third-order valence-electron chi connectivity index (χ3n) is 7.58. The van der Waals surface area contributed by atoms with Crippen molar-refractivity contribution in [1.29, 1.82) is 0 Å². The molecule has 1 aromatic rings. The normalized spacial score (nSPS) is 23.2. The lowest BCUT2D eigenvalue weighted by atomic mass is 10.1. The summed E-state index contributed by atoms with van der Waals surface area (Å²) in [6, 6.07) is 1.79. The minimum Gasteiger partial charge on any atom is -0.488 e. The number of hydrogen-bond donors (Lipinski definition) is 2. The van der Waals surface area contributed by atoms with Crippen molar-refractivity contribution in [3.63, 3.8) is 0 Å². The first kappa shape index (κ1) is 26.2. The molecular weight excluding hydrogens is 422 g/mol. The summed E-state index contributed by atoms with van der Waals surface area (Å²) in [6.07, 6.45) is 3.50. The number of anilines is 2. The van der Waals surface area contributed by atoms with Crippen LogP contribution in [0.15, 0.2) is 12.3 Å². The zero-order chi connectivity index (χ0) is 23.8. The number of hydrogen-bond acceptors (Lipinski definition) is 6. The number of aromatic nitrogens is 1. The molecule has 1 aliphatic carbocycles. The quantitative estimate of drug-likeness (QED) is 0.491. The van der Waals surface area contributed by atoms with Crippen LogP contribution >= 0.6 is 0 Å². The van der Waals surface area contributed by atoms with Gasteiger partial charge in [0, 0.05) is 31.2 Å². The van der Waals surface area contributed by atoms with Crippen LogP contribution in [0.2, 0.25) is 36.3 Å². The van der Waals surface area contributed by atoms with Gasteiger partial charge in [-0.1, -0.05) is 41.5 Å². The average molecular weight is 468 g/mol. The van der Waals surface area contributed by atoms with Gasteiger partial charge in [-0.2, -0.15) is 0 Å². The standard InChI is InChI=1S/C23H45N3O3Si2/c1-22(2,3)30(7,8)27-15-16-13-17(28-18-11-12-26-21(25)20(18)24)14-19(16)29-31(9,10)23(4,5)6/h11-12,16-17,19H,13-15,24H2,1-10H3,(H2,25,26)/t16?,17-,19+/m1/s1. The molecule has 2 rings (SSSR count). The monoisotopic (exact) mass is 467 g/mol. The predicted molar refractivity (Wildman–Crippen MR) is 135 cm³/mol. The van der Waals surface area contributed by atoms with E-state index >= 15 is 0 Å². The summed E-state index contributed by atoms with van der Waals surface area (Å²) in [5.74, 6) is 1.21. The Labute approximate surface area is 191 Å². The summed E-state index contributed by atoms with van der Waals surface area (Å²) >= 11 is 0. The van der Waals surface area contributed by atoms with E-state index in [1.807, 2.05) is 0 Å². The Morgan fingerprint density at radius 2 is 1.55 bits per heavy atom. The van der Waals surface area contributed by atoms with Gasteiger partial charge in [-0.05, 0) is 42.7 Å². The van der Waals surface area contributed by atoms with E-state index in [-0.39, 0.29) is 22.3 Å². The summed E-state index contributed by atoms with van der Waals surface area (Å²) in [5, 5.41) is 0.334. The van der Waals surface area contributed by atoms with E-state index in [1.54, 1.807) is 12.3 Å². The number of nitrogens with two attached hydrogens (primary N) is 2. The Morgan fingerprint density at radius 3 is 2.10 bits per heavy atom. The number of nitrogens with zero attached hydrogens (tertiary/aromatic N) is 1. The Hall–Kier alpha value is -1.10. The van der Waals surface area contributed by atoms with E-state index < -0.39 is 16.6 Å². The lowest BCUT2D eigenvalue weighted by Gasteiger charge is -2.41. The smallest absolute Gasteiger partial charge is 0.192 e. The van der Waals surface area contributed by atoms with Gasteiger partial charge in [-0.15, -0.1) is 0 Å². The molecule has 1 aliphatic rings. The SMILES string of the molecule is CC(C)(C)[Si](C)(C)OCC1C[C@@H](Oc2ccnc(N)c2N)C[C@@H]1O[Si](C)(C)C(C)(C)C. The molecule has 0 aliphatic heterocycles. The summed E-state index contributed by atoms with van der Waals surface area (Å²) in [7, 11) is -3.76. The van der Waals surface area contributed by atoms with Crippen LogP contribution in [0.5, 0.6) is 5.75 Å². The van der Waals surface area contributed by atoms with Gasteiger partial charge in [0.2, 0.25) is 0 Å². The first-order valence-electron chi connectivity index (χ1n) is 11.4. The minimum atomic E-state index is -1.92. The Kier molecular flexibility index (Phi) is 7.63. The van der Waals surface area contributed by atoms with E-state index in [9.17, 15) is 0 Å². The van der Waals surface area contributed by atoms with Gasteiger partial charge in [0.25, 0.3) is 0 Å². The highest BCUT2D eigenvalue weighted by Gasteiger charge is 2.46. The van der Waals surface area contributed by atoms with E-state index in [2.05, 4.69) is 72.7 Å². The lowest BCUT2D eigenvalue weighted by molar-refractivity contribution is 0.1000. The molecule has 0 radical (unpaired) electrons. The summed E-state index contributed by atoms with van der Waals surface area (Å²) in [6.45, 7) is 23.6. The fourth-order valence-electron chi connectivity index (χ4n) is 3.29. The second kappa shape index (κ2) is 9.04. The van der Waals surface area contributed by atoms with Crippen LogP contribution in [0.1, 0.15) is 54.4 Å². The van der Waals surface area contributed by atoms with Crippen LogP contribution in [0.4, 0.5) is 11.5 Å². The molecular formula is C23H45N3O3Si2. The molecule has 3 atom stereocenters. The second-order valence-corrected chi connectivity index (χ2v) is 21.6. The number of pyridine rings is 1. The predicted octanol–water partition coefficient (Wildman–Crippen LogP) is 5.82. The molecule has 1 aromatic heterocycles. The van der Waals surface area contributed by atoms with Crippen molar-refractivity contribution >= 4 is 28.1 Å². The Morgan fingerprint density at radius 1 is 0.968 bits per heavy atom. The highest BCUT2D eigenvalue weighted by atomic mass is 28.4. The van der Waals surface area contributed by atoms with Crippen LogP contribution in [-0.4, -0.2) is 40.4 Å². The van der Waals surface area contributed by atoms with Crippen LogP contribution in [0.3, 0.4) is 0 Å². The molecule has 31 heavy (non-hydrogen) atoms. The van der Waals surface area contributed by atoms with E-state index in [0.717, 1.165) is 12.8 Å². The topological polar surface area (TPSA) is 92.6 Å². The van der Waals surface area contributed by atoms with E-state index in [1.165, 1.54) is 0 Å². The van der Waals surface area contributed by atoms with Gasteiger partial charge in [0.15, 0.2) is 16.6 Å². The highest BCUT2D eigenvalue weighted by Crippen LogP contribution is 2.43. The Bertz CT molecular complexity index is 757. The minimum absolute atomic E-state index is 0.0203. The molecule has 1 heterocycles. The van der Waals surface area contributed by atoms with Crippen molar-refractivity contribution in [2.45, 2.75) is 103 Å². The van der Waals surface area contributed by atoms with E-state index in [0.29, 0.717) is 29.8 Å². The van der Waals surface area contributed by atoms with Gasteiger partial charge in [-0.3, -0.25) is 0 Å². The molecule has 0 aromatic carbocycles. The van der Waals surface area contributed by atoms with Crippen LogP contribution in [-0.2, 0) is 8.85 Å². The summed E-state index contributed by atoms with van der Waals surface area (Å²) < 4.78 is 19.8. The zero-order valence-corrected chi connectivity index (χ0v) is 23.3. The van der Waals surface area contributed by atoms with Crippen LogP contribution < -0.4 is 16.2 Å². The molecule has 0 bridgehead atoms. The van der Waals surface area contributed by atoms with Crippen molar-refractivity contribution in [2.24, 2.45) is 5.92 Å². The van der Waals surface area contributed by atoms with Crippen LogP contribution in [0, 0.1) is 5.92 Å². The fourth-order valence-corrected chi connectivity index (χ4v) is 5.76. The average Bonchev–Trinajstić information content (AvgIpc) is 2.96. The maximum absolute atomic E-state index is 6.87. The first-order chi connectivity index (χ1) is 13.9. The van der Waals surface area contributed by atoms with Crippen molar-refractivity contribution in [2.75, 3.05) is 18.1 Å². The molecule has 0 amide bonds. The molecule has 178 valence electrons. The van der Waals surface area contributed by atoms with Gasteiger partial charge < -0.3 is 25.1 Å². The van der Waals surface area contributed by atoms with Crippen LogP contribution in [0.25, 0.3) is 0 Å². The molecule has 0 saturated heterocycles. The van der Waals surface area contributed by atoms with Gasteiger partial charge in [0.05, 0.1) is 6.10 Å². The number of rotatable bonds is 7. The summed E-state index contributed by atoms with van der Waals surface area (Å²) in [4.78, 5) is 4.04. The van der Waals surface area contributed by atoms with E-state index in [4.69, 9.17) is 25.1 Å². The third kappa shape index (κ3) is 6.24. The maximum Gasteiger partial charge on any atom is 0.192 e. The first-order valence-corrected chi connectivity index (χ1v) is 17.2. The fraction of sp³-hybridized carbons (Fsp3) is 0.783. The van der Waals surface area contributed by atoms with Crippen molar-refractivity contribution in [3.8, 4) is 5.75 Å². The largest absolute Gasteiger partial charge is 0.488 e.